The zero-order chi connectivity index (χ0) is 4.99. The maximum Gasteiger partial charge on any atom is 0.320 e. The molecule has 0 saturated heterocycles. The van der Waals surface area contributed by atoms with Gasteiger partial charge in [0.05, 0.1) is 0 Å². The van der Waals surface area contributed by atoms with Crippen LogP contribution in [-0.4, -0.2) is 8.76 Å². The van der Waals surface area contributed by atoms with E-state index in [-0.39, 0.29) is 0 Å². The van der Waals surface area contributed by atoms with Crippen molar-refractivity contribution in [2.45, 2.75) is 0 Å². The summed E-state index contributed by atoms with van der Waals surface area (Å²) in [6.45, 7) is 0. The summed E-state index contributed by atoms with van der Waals surface area (Å²) in [5, 5.41) is 0. The van der Waals surface area contributed by atoms with E-state index in [1.807, 2.05) is 0 Å². The maximum atomic E-state index is 9.35. The highest BCUT2D eigenvalue weighted by atomic mass is 32.2. The van der Waals surface area contributed by atoms with Gasteiger partial charge in [0.2, 0.25) is 0 Å². The highest BCUT2D eigenvalue weighted by Gasteiger charge is 1.82. The first-order chi connectivity index (χ1) is 2.77. The molecule has 0 aromatic rings. The third-order valence-electron chi connectivity index (χ3n) is 0.119. The fourth-order valence-electron chi connectivity index (χ4n) is 0.0412. The third kappa shape index (κ3) is 3.99. The number of hydrazine groups is 1. The van der Waals surface area contributed by atoms with Gasteiger partial charge in [-0.05, 0) is 0 Å². The molecule has 0 heterocycles. The van der Waals surface area contributed by atoms with Crippen LogP contribution in [0.15, 0.2) is 0 Å². The van der Waals surface area contributed by atoms with Crippen molar-refractivity contribution >= 4 is 11.4 Å². The molecule has 5 nitrogen and oxygen atoms in total. The number of rotatable bonds is 2. The van der Waals surface area contributed by atoms with E-state index in [1.165, 1.54) is 5.59 Å². The molecule has 4 N–H and O–H groups in total. The van der Waals surface area contributed by atoms with Gasteiger partial charge in [-0.1, -0.05) is 0 Å². The van der Waals surface area contributed by atoms with Crippen LogP contribution in [0.25, 0.3) is 0 Å². The second-order valence-electron chi connectivity index (χ2n) is 0.418. The van der Waals surface area contributed by atoms with E-state index in [4.69, 9.17) is 4.55 Å². The van der Waals surface area contributed by atoms with Crippen molar-refractivity contribution in [1.82, 2.24) is 5.59 Å². The summed E-state index contributed by atoms with van der Waals surface area (Å²) in [7, 11) is 0. The van der Waals surface area contributed by atoms with Crippen molar-refractivity contribution in [2.24, 2.45) is 5.84 Å². The Morgan fingerprint density at radius 2 is 2.50 bits per heavy atom. The van der Waals surface area contributed by atoms with E-state index < -0.39 is 11.4 Å². The molecule has 0 aliphatic heterocycles. The molecule has 1 atom stereocenters. The topological polar surface area (TPSA) is 84.6 Å². The van der Waals surface area contributed by atoms with Gasteiger partial charge in [-0.15, -0.1) is 5.59 Å². The van der Waals surface area contributed by atoms with Gasteiger partial charge in [-0.3, -0.25) is 4.55 Å². The van der Waals surface area contributed by atoms with Crippen LogP contribution >= 0.6 is 0 Å². The Bertz CT molecular complexity index is 52.8. The second kappa shape index (κ2) is 3.19. The summed E-state index contributed by atoms with van der Waals surface area (Å²) >= 11 is -2.30. The van der Waals surface area contributed by atoms with Crippen LogP contribution in [0.4, 0.5) is 0 Å². The number of hydrogen-bond donors (Lipinski definition) is 3. The van der Waals surface area contributed by atoms with Crippen LogP contribution in [0, 0.1) is 0 Å². The summed E-state index contributed by atoms with van der Waals surface area (Å²) in [4.78, 5) is 0. The smallest absolute Gasteiger partial charge is 0.283 e. The van der Waals surface area contributed by atoms with Crippen molar-refractivity contribution in [3.05, 3.63) is 0 Å². The zero-order valence-corrected chi connectivity index (χ0v) is 3.57. The van der Waals surface area contributed by atoms with Crippen LogP contribution in [0.1, 0.15) is 0 Å². The number of hydrogen-bond acceptors (Lipinski definition) is 4. The van der Waals surface area contributed by atoms with Crippen LogP contribution in [0.2, 0.25) is 0 Å². The first kappa shape index (κ1) is 5.99. The van der Waals surface area contributed by atoms with E-state index in [9.17, 15) is 4.21 Å². The van der Waals surface area contributed by atoms with Gasteiger partial charge in [0.25, 0.3) is 0 Å². The predicted molar refractivity (Wildman–Crippen MR) is 19.2 cm³/mol. The molecule has 0 radical (unpaired) electrons. The van der Waals surface area contributed by atoms with Gasteiger partial charge < -0.3 is 0 Å². The molecule has 0 fully saturated rings. The van der Waals surface area contributed by atoms with Crippen LogP contribution < -0.4 is 11.4 Å². The van der Waals surface area contributed by atoms with Crippen molar-refractivity contribution in [1.29, 1.82) is 0 Å². The number of nitrogens with one attached hydrogen (secondary N) is 1. The normalized spacial score (nSPS) is 14.3. The minimum Gasteiger partial charge on any atom is -0.283 e. The summed E-state index contributed by atoms with van der Waals surface area (Å²) in [6.07, 6.45) is 0. The summed E-state index contributed by atoms with van der Waals surface area (Å²) in [5.41, 5.74) is 1.52. The molecule has 0 rings (SSSR count). The molecule has 0 aromatic heterocycles. The molecule has 6 heavy (non-hydrogen) atoms. The zero-order valence-electron chi connectivity index (χ0n) is 2.75. The Kier molecular flexibility index (Phi) is 3.19. The van der Waals surface area contributed by atoms with E-state index in [1.54, 1.807) is 0 Å². The Labute approximate surface area is 36.9 Å². The summed E-state index contributed by atoms with van der Waals surface area (Å²) in [6, 6.07) is 0. The molecular formula is H4N2O3S. The van der Waals surface area contributed by atoms with E-state index >= 15 is 0 Å². The monoisotopic (exact) mass is 112 g/mol. The quantitative estimate of drug-likeness (QED) is 0.230. The molecule has 6 heteroatoms. The van der Waals surface area contributed by atoms with Crippen molar-refractivity contribution in [3.63, 3.8) is 0 Å². The van der Waals surface area contributed by atoms with Crippen molar-refractivity contribution < 1.29 is 13.0 Å². The molecule has 0 saturated carbocycles. The molecular weight excluding hydrogens is 108 g/mol. The van der Waals surface area contributed by atoms with Gasteiger partial charge in [0.15, 0.2) is 0 Å². The van der Waals surface area contributed by atoms with Crippen LogP contribution in [-0.2, 0) is 15.6 Å². The van der Waals surface area contributed by atoms with E-state index in [0.29, 0.717) is 0 Å². The summed E-state index contributed by atoms with van der Waals surface area (Å²) < 4.78 is 20.6. The maximum absolute atomic E-state index is 9.35. The lowest BCUT2D eigenvalue weighted by Gasteiger charge is -1.86. The second-order valence-corrected chi connectivity index (χ2v) is 1.02. The standard InChI is InChI=1S/H4N2O3S/c1-2-5-6(3)4/h2H,1H2,(H,3,4). The lowest BCUT2D eigenvalue weighted by Crippen LogP contribution is -2.22. The van der Waals surface area contributed by atoms with E-state index in [0.717, 1.165) is 0 Å². The Morgan fingerprint density at radius 3 is 2.50 bits per heavy atom. The third-order valence-corrected chi connectivity index (χ3v) is 0.358. The van der Waals surface area contributed by atoms with Crippen LogP contribution in [0.5, 0.6) is 0 Å². The summed E-state index contributed by atoms with van der Waals surface area (Å²) in [5.74, 6) is 4.40. The molecule has 0 aliphatic carbocycles. The Morgan fingerprint density at radius 1 is 2.00 bits per heavy atom. The number of nitrogens with two attached hydrogens (primary N) is 1. The van der Waals surface area contributed by atoms with Crippen molar-refractivity contribution in [3.8, 4) is 0 Å². The predicted octanol–water partition coefficient (Wildman–Crippen LogP) is -1.48. The lowest BCUT2D eigenvalue weighted by atomic mass is 12.8. The molecule has 0 aromatic carbocycles. The molecule has 0 bridgehead atoms. The lowest BCUT2D eigenvalue weighted by molar-refractivity contribution is 0.201. The Hall–Kier alpha value is -0.0100. The fraction of sp³-hybridized carbons (Fsp3) is 0. The largest absolute Gasteiger partial charge is 0.320 e. The van der Waals surface area contributed by atoms with Crippen molar-refractivity contribution in [2.75, 3.05) is 0 Å². The first-order valence-electron chi connectivity index (χ1n) is 1.01. The molecule has 0 spiro atoms. The minimum absolute atomic E-state index is 1.52. The average molecular weight is 112 g/mol. The van der Waals surface area contributed by atoms with Gasteiger partial charge in [0.1, 0.15) is 0 Å². The highest BCUT2D eigenvalue weighted by Crippen LogP contribution is 1.63. The molecule has 0 amide bonds. The van der Waals surface area contributed by atoms with Gasteiger partial charge in [0, 0.05) is 0 Å². The van der Waals surface area contributed by atoms with Crippen LogP contribution in [0.3, 0.4) is 0 Å². The van der Waals surface area contributed by atoms with Gasteiger partial charge in [-0.2, -0.15) is 8.49 Å². The van der Waals surface area contributed by atoms with E-state index in [2.05, 4.69) is 10.1 Å². The highest BCUT2D eigenvalue weighted by molar-refractivity contribution is 7.74. The molecule has 38 valence electrons. The van der Waals surface area contributed by atoms with Gasteiger partial charge >= 0.3 is 11.4 Å². The SMILES string of the molecule is NNOS(=O)O. The Balaban J connectivity index is 2.83. The van der Waals surface area contributed by atoms with Gasteiger partial charge in [-0.25, -0.2) is 5.84 Å². The minimum atomic E-state index is -2.30. The molecule has 0 aliphatic rings. The average Bonchev–Trinajstić information content (AvgIpc) is 1.35. The fourth-order valence-corrected chi connectivity index (χ4v) is 0.123. The molecule has 1 unspecified atom stereocenters. The first-order valence-corrected chi connectivity index (χ1v) is 2.04.